The Morgan fingerprint density at radius 1 is 1.29 bits per heavy atom. The molecule has 1 heterocycles. The van der Waals surface area contributed by atoms with Gasteiger partial charge in [0, 0.05) is 12.7 Å². The largest absolute Gasteiger partial charge is 0.374 e. The molecule has 1 rings (SSSR count). The van der Waals surface area contributed by atoms with Crippen LogP contribution in [0.3, 0.4) is 0 Å². The summed E-state index contributed by atoms with van der Waals surface area (Å²) in [6, 6.07) is 1.81. The van der Waals surface area contributed by atoms with Gasteiger partial charge in [0.05, 0.1) is 0 Å². The Labute approximate surface area is 112 Å². The fourth-order valence-electron chi connectivity index (χ4n) is 1.30. The van der Waals surface area contributed by atoms with Gasteiger partial charge in [0.1, 0.15) is 16.8 Å². The summed E-state index contributed by atoms with van der Waals surface area (Å²) >= 11 is 7.68. The summed E-state index contributed by atoms with van der Waals surface area (Å²) < 4.78 is 5.28. The fourth-order valence-corrected chi connectivity index (χ4v) is 2.49. The van der Waals surface area contributed by atoms with E-state index in [1.165, 1.54) is 19.3 Å². The van der Waals surface area contributed by atoms with Crippen LogP contribution >= 0.6 is 23.4 Å². The quantitative estimate of drug-likeness (QED) is 0.408. The van der Waals surface area contributed by atoms with Gasteiger partial charge >= 0.3 is 0 Å². The zero-order valence-electron chi connectivity index (χ0n) is 10.4. The van der Waals surface area contributed by atoms with E-state index in [1.807, 2.05) is 13.0 Å². The summed E-state index contributed by atoms with van der Waals surface area (Å²) in [6.07, 6.45) is 3.71. The Morgan fingerprint density at radius 3 is 2.82 bits per heavy atom. The van der Waals surface area contributed by atoms with Gasteiger partial charge in [-0.1, -0.05) is 31.4 Å². The molecule has 0 saturated carbocycles. The molecule has 1 aromatic heterocycles. The molecule has 0 aromatic carbocycles. The molecule has 5 heteroatoms. The number of rotatable bonds is 8. The molecular weight excluding hydrogens is 256 g/mol. The van der Waals surface area contributed by atoms with Gasteiger partial charge in [0.15, 0.2) is 5.82 Å². The molecule has 0 bridgehead atoms. The lowest BCUT2D eigenvalue weighted by atomic mass is 10.3. The standard InChI is InChI=1S/C12H19ClN2OS/c1-3-5-6-7-17-12-8-10(13)14-11(15-12)9-16-4-2/h8H,3-7,9H2,1-2H3. The van der Waals surface area contributed by atoms with Crippen LogP contribution in [0.15, 0.2) is 11.1 Å². The van der Waals surface area contributed by atoms with E-state index in [2.05, 4.69) is 16.9 Å². The molecule has 0 saturated heterocycles. The molecule has 0 amide bonds. The lowest BCUT2D eigenvalue weighted by Crippen LogP contribution is -2.00. The van der Waals surface area contributed by atoms with Crippen molar-refractivity contribution < 1.29 is 4.74 Å². The predicted octanol–water partition coefficient (Wildman–Crippen LogP) is 3.95. The van der Waals surface area contributed by atoms with Gasteiger partial charge in [-0.25, -0.2) is 9.97 Å². The molecule has 0 aliphatic rings. The maximum Gasteiger partial charge on any atom is 0.156 e. The number of hydrogen-bond acceptors (Lipinski definition) is 4. The molecular formula is C12H19ClN2OS. The van der Waals surface area contributed by atoms with Crippen molar-refractivity contribution in [3.05, 3.63) is 17.0 Å². The van der Waals surface area contributed by atoms with Crippen molar-refractivity contribution in [2.45, 2.75) is 44.7 Å². The summed E-state index contributed by atoms with van der Waals surface area (Å²) in [4.78, 5) is 8.54. The number of aromatic nitrogens is 2. The van der Waals surface area contributed by atoms with Crippen molar-refractivity contribution in [3.8, 4) is 0 Å². The van der Waals surface area contributed by atoms with E-state index in [0.717, 1.165) is 10.8 Å². The van der Waals surface area contributed by atoms with Crippen LogP contribution in [0.25, 0.3) is 0 Å². The van der Waals surface area contributed by atoms with E-state index < -0.39 is 0 Å². The summed E-state index contributed by atoms with van der Waals surface area (Å²) in [5, 5.41) is 1.43. The molecule has 1 aromatic rings. The summed E-state index contributed by atoms with van der Waals surface area (Å²) in [5.41, 5.74) is 0. The second-order valence-electron chi connectivity index (χ2n) is 3.64. The maximum absolute atomic E-state index is 5.95. The topological polar surface area (TPSA) is 35.0 Å². The van der Waals surface area contributed by atoms with E-state index in [9.17, 15) is 0 Å². The first-order chi connectivity index (χ1) is 8.26. The molecule has 0 spiro atoms. The van der Waals surface area contributed by atoms with Crippen LogP contribution in [0.1, 0.15) is 38.9 Å². The number of nitrogens with zero attached hydrogens (tertiary/aromatic N) is 2. The van der Waals surface area contributed by atoms with E-state index in [-0.39, 0.29) is 0 Å². The first-order valence-corrected chi connectivity index (χ1v) is 7.36. The molecule has 17 heavy (non-hydrogen) atoms. The molecule has 0 fully saturated rings. The third-order valence-corrected chi connectivity index (χ3v) is 3.34. The molecule has 3 nitrogen and oxygen atoms in total. The Kier molecular flexibility index (Phi) is 7.56. The van der Waals surface area contributed by atoms with Crippen LogP contribution in [0.5, 0.6) is 0 Å². The molecule has 0 radical (unpaired) electrons. The number of ether oxygens (including phenoxy) is 1. The summed E-state index contributed by atoms with van der Waals surface area (Å²) in [6.45, 7) is 5.24. The number of hydrogen-bond donors (Lipinski definition) is 0. The van der Waals surface area contributed by atoms with Crippen molar-refractivity contribution in [2.24, 2.45) is 0 Å². The van der Waals surface area contributed by atoms with Crippen LogP contribution in [0.4, 0.5) is 0 Å². The first kappa shape index (κ1) is 14.7. The zero-order valence-corrected chi connectivity index (χ0v) is 12.0. The van der Waals surface area contributed by atoms with E-state index in [4.69, 9.17) is 16.3 Å². The van der Waals surface area contributed by atoms with Gasteiger partial charge in [-0.3, -0.25) is 0 Å². The minimum absolute atomic E-state index is 0.430. The lowest BCUT2D eigenvalue weighted by molar-refractivity contribution is 0.128. The third-order valence-electron chi connectivity index (χ3n) is 2.15. The second kappa shape index (κ2) is 8.72. The Bertz CT molecular complexity index is 336. The van der Waals surface area contributed by atoms with Crippen LogP contribution < -0.4 is 0 Å². The van der Waals surface area contributed by atoms with Crippen LogP contribution in [0.2, 0.25) is 5.15 Å². The van der Waals surface area contributed by atoms with E-state index >= 15 is 0 Å². The van der Waals surface area contributed by atoms with E-state index in [0.29, 0.717) is 24.2 Å². The predicted molar refractivity (Wildman–Crippen MR) is 72.6 cm³/mol. The number of unbranched alkanes of at least 4 members (excludes halogenated alkanes) is 2. The second-order valence-corrected chi connectivity index (χ2v) is 5.14. The van der Waals surface area contributed by atoms with Crippen molar-refractivity contribution in [2.75, 3.05) is 12.4 Å². The van der Waals surface area contributed by atoms with E-state index in [1.54, 1.807) is 11.8 Å². The maximum atomic E-state index is 5.95. The first-order valence-electron chi connectivity index (χ1n) is 6.00. The normalized spacial score (nSPS) is 10.8. The van der Waals surface area contributed by atoms with Gasteiger partial charge in [0.25, 0.3) is 0 Å². The van der Waals surface area contributed by atoms with Gasteiger partial charge in [-0.15, -0.1) is 11.8 Å². The molecule has 0 atom stereocenters. The monoisotopic (exact) mass is 274 g/mol. The van der Waals surface area contributed by atoms with Gasteiger partial charge in [-0.2, -0.15) is 0 Å². The molecule has 96 valence electrons. The lowest BCUT2D eigenvalue weighted by Gasteiger charge is -2.05. The van der Waals surface area contributed by atoms with Crippen molar-refractivity contribution >= 4 is 23.4 Å². The number of thioether (sulfide) groups is 1. The Balaban J connectivity index is 2.50. The highest BCUT2D eigenvalue weighted by atomic mass is 35.5. The van der Waals surface area contributed by atoms with Crippen molar-refractivity contribution in [1.82, 2.24) is 9.97 Å². The average molecular weight is 275 g/mol. The van der Waals surface area contributed by atoms with Crippen LogP contribution in [-0.4, -0.2) is 22.3 Å². The van der Waals surface area contributed by atoms with Gasteiger partial charge in [-0.05, 0) is 19.1 Å². The minimum Gasteiger partial charge on any atom is -0.374 e. The Hall–Kier alpha value is -0.320. The highest BCUT2D eigenvalue weighted by molar-refractivity contribution is 7.99. The minimum atomic E-state index is 0.430. The Morgan fingerprint density at radius 2 is 2.12 bits per heavy atom. The molecule has 0 aliphatic carbocycles. The van der Waals surface area contributed by atoms with Crippen LogP contribution in [0, 0.1) is 0 Å². The molecule has 0 aliphatic heterocycles. The number of halogens is 1. The highest BCUT2D eigenvalue weighted by Gasteiger charge is 2.04. The third kappa shape index (κ3) is 6.24. The molecule has 0 unspecified atom stereocenters. The smallest absolute Gasteiger partial charge is 0.156 e. The summed E-state index contributed by atoms with van der Waals surface area (Å²) in [5.74, 6) is 1.74. The molecule has 0 N–H and O–H groups in total. The van der Waals surface area contributed by atoms with Crippen LogP contribution in [-0.2, 0) is 11.3 Å². The fraction of sp³-hybridized carbons (Fsp3) is 0.667. The zero-order chi connectivity index (χ0) is 12.5. The summed E-state index contributed by atoms with van der Waals surface area (Å²) in [7, 11) is 0. The van der Waals surface area contributed by atoms with Crippen molar-refractivity contribution in [1.29, 1.82) is 0 Å². The average Bonchev–Trinajstić information content (AvgIpc) is 2.31. The van der Waals surface area contributed by atoms with Gasteiger partial charge in [0.2, 0.25) is 0 Å². The van der Waals surface area contributed by atoms with Crippen molar-refractivity contribution in [3.63, 3.8) is 0 Å². The highest BCUT2D eigenvalue weighted by Crippen LogP contribution is 2.20. The van der Waals surface area contributed by atoms with Gasteiger partial charge < -0.3 is 4.74 Å². The SMILES string of the molecule is CCCCCSc1cc(Cl)nc(COCC)n1.